The highest BCUT2D eigenvalue weighted by Gasteiger charge is 2.30. The van der Waals surface area contributed by atoms with Gasteiger partial charge in [-0.25, -0.2) is 4.98 Å². The van der Waals surface area contributed by atoms with Crippen LogP contribution in [0.1, 0.15) is 19.5 Å². The number of halogens is 1. The van der Waals surface area contributed by atoms with E-state index in [4.69, 9.17) is 9.15 Å². The van der Waals surface area contributed by atoms with Crippen LogP contribution in [0.2, 0.25) is 0 Å². The van der Waals surface area contributed by atoms with Gasteiger partial charge in [0.15, 0.2) is 12.2 Å². The van der Waals surface area contributed by atoms with Gasteiger partial charge in [0.1, 0.15) is 5.69 Å². The Balaban J connectivity index is 2.08. The smallest absolute Gasteiger partial charge is 0.181 e. The molecule has 3 rings (SSSR count). The third kappa shape index (κ3) is 1.81. The molecule has 0 saturated heterocycles. The molecule has 0 saturated carbocycles. The van der Waals surface area contributed by atoms with Crippen LogP contribution in [0.3, 0.4) is 0 Å². The van der Waals surface area contributed by atoms with Gasteiger partial charge >= 0.3 is 0 Å². The molecule has 0 spiro atoms. The normalized spacial score (nSPS) is 18.1. The Morgan fingerprint density at radius 2 is 2.29 bits per heavy atom. The summed E-state index contributed by atoms with van der Waals surface area (Å²) in [6, 6.07) is 0. The Morgan fingerprint density at radius 3 is 3.00 bits per heavy atom. The van der Waals surface area contributed by atoms with Crippen LogP contribution >= 0.6 is 15.9 Å². The van der Waals surface area contributed by atoms with E-state index in [0.717, 1.165) is 22.4 Å². The van der Waals surface area contributed by atoms with E-state index in [1.165, 1.54) is 6.39 Å². The van der Waals surface area contributed by atoms with Crippen LogP contribution in [0.4, 0.5) is 0 Å². The molecular formula is C11H12BrN3O2. The molecule has 2 aromatic heterocycles. The van der Waals surface area contributed by atoms with Crippen molar-refractivity contribution in [2.45, 2.75) is 32.6 Å². The van der Waals surface area contributed by atoms with E-state index in [1.54, 1.807) is 6.20 Å². The standard InChI is InChI=1S/C11H12BrN3O2/c1-11(2)5-15-7(4-17-11)9(12)10(14-15)8-3-13-6-16-8/h3,6H,4-5H2,1-2H3. The summed E-state index contributed by atoms with van der Waals surface area (Å²) in [7, 11) is 0. The van der Waals surface area contributed by atoms with Crippen molar-refractivity contribution < 1.29 is 9.15 Å². The number of hydrogen-bond acceptors (Lipinski definition) is 4. The number of rotatable bonds is 1. The Labute approximate surface area is 107 Å². The molecule has 0 N–H and O–H groups in total. The van der Waals surface area contributed by atoms with Gasteiger partial charge in [0.2, 0.25) is 0 Å². The minimum atomic E-state index is -0.183. The zero-order valence-corrected chi connectivity index (χ0v) is 11.2. The number of hydrogen-bond donors (Lipinski definition) is 0. The summed E-state index contributed by atoms with van der Waals surface area (Å²) in [5, 5.41) is 4.54. The van der Waals surface area contributed by atoms with Crippen molar-refractivity contribution in [2.75, 3.05) is 0 Å². The molecule has 5 nitrogen and oxygen atoms in total. The highest BCUT2D eigenvalue weighted by molar-refractivity contribution is 9.10. The first-order valence-corrected chi connectivity index (χ1v) is 6.14. The lowest BCUT2D eigenvalue weighted by molar-refractivity contribution is -0.0663. The Kier molecular flexibility index (Phi) is 2.38. The summed E-state index contributed by atoms with van der Waals surface area (Å²) in [4.78, 5) is 3.91. The summed E-state index contributed by atoms with van der Waals surface area (Å²) >= 11 is 3.54. The van der Waals surface area contributed by atoms with E-state index in [9.17, 15) is 0 Å². The van der Waals surface area contributed by atoms with Gasteiger partial charge in [-0.05, 0) is 29.8 Å². The van der Waals surface area contributed by atoms with Gasteiger partial charge in [-0.3, -0.25) is 4.68 Å². The van der Waals surface area contributed by atoms with E-state index in [1.807, 2.05) is 4.68 Å². The number of nitrogens with zero attached hydrogens (tertiary/aromatic N) is 3. The molecule has 0 aromatic carbocycles. The summed E-state index contributed by atoms with van der Waals surface area (Å²) < 4.78 is 13.9. The quantitative estimate of drug-likeness (QED) is 0.812. The molecule has 0 bridgehead atoms. The second kappa shape index (κ2) is 3.68. The second-order valence-electron chi connectivity index (χ2n) is 4.68. The molecule has 0 amide bonds. The third-order valence-electron chi connectivity index (χ3n) is 2.79. The van der Waals surface area contributed by atoms with E-state index >= 15 is 0 Å². The molecule has 6 heteroatoms. The topological polar surface area (TPSA) is 53.1 Å². The van der Waals surface area contributed by atoms with Gasteiger partial charge in [-0.2, -0.15) is 5.10 Å². The van der Waals surface area contributed by atoms with Gasteiger partial charge in [0.05, 0.1) is 35.1 Å². The highest BCUT2D eigenvalue weighted by Crippen LogP contribution is 2.34. The van der Waals surface area contributed by atoms with Crippen molar-refractivity contribution in [3.63, 3.8) is 0 Å². The van der Waals surface area contributed by atoms with Gasteiger partial charge in [0, 0.05) is 0 Å². The molecule has 3 heterocycles. The highest BCUT2D eigenvalue weighted by atomic mass is 79.9. The van der Waals surface area contributed by atoms with Crippen LogP contribution in [-0.2, 0) is 17.9 Å². The molecule has 1 aliphatic rings. The van der Waals surface area contributed by atoms with Gasteiger partial charge < -0.3 is 9.15 Å². The van der Waals surface area contributed by atoms with Crippen LogP contribution in [-0.4, -0.2) is 20.4 Å². The van der Waals surface area contributed by atoms with Crippen LogP contribution in [0.25, 0.3) is 11.5 Å². The van der Waals surface area contributed by atoms with Crippen LogP contribution in [0.5, 0.6) is 0 Å². The fourth-order valence-electron chi connectivity index (χ4n) is 1.90. The van der Waals surface area contributed by atoms with Crippen molar-refractivity contribution in [1.82, 2.24) is 14.8 Å². The Morgan fingerprint density at radius 1 is 1.47 bits per heavy atom. The van der Waals surface area contributed by atoms with E-state index in [-0.39, 0.29) is 5.60 Å². The molecule has 0 aliphatic carbocycles. The lowest BCUT2D eigenvalue weighted by atomic mass is 10.1. The van der Waals surface area contributed by atoms with Crippen LogP contribution < -0.4 is 0 Å². The van der Waals surface area contributed by atoms with Crippen molar-refractivity contribution >= 4 is 15.9 Å². The van der Waals surface area contributed by atoms with E-state index in [0.29, 0.717) is 12.4 Å². The molecule has 2 aromatic rings. The largest absolute Gasteiger partial charge is 0.442 e. The minimum Gasteiger partial charge on any atom is -0.442 e. The molecule has 0 unspecified atom stereocenters. The zero-order chi connectivity index (χ0) is 12.0. The summed E-state index contributed by atoms with van der Waals surface area (Å²) in [5.41, 5.74) is 1.63. The van der Waals surface area contributed by atoms with Crippen LogP contribution in [0, 0.1) is 0 Å². The SMILES string of the molecule is CC1(C)Cn2nc(-c3cnco3)c(Br)c2CO1. The molecule has 0 atom stereocenters. The molecule has 17 heavy (non-hydrogen) atoms. The Bertz CT molecular complexity index is 545. The molecule has 1 aliphatic heterocycles. The van der Waals surface area contributed by atoms with Crippen LogP contribution in [0.15, 0.2) is 21.5 Å². The zero-order valence-electron chi connectivity index (χ0n) is 9.61. The summed E-state index contributed by atoms with van der Waals surface area (Å²) in [6.45, 7) is 5.39. The van der Waals surface area contributed by atoms with Gasteiger partial charge in [0.25, 0.3) is 0 Å². The predicted molar refractivity (Wildman–Crippen MR) is 64.3 cm³/mol. The minimum absolute atomic E-state index is 0.183. The first kappa shape index (κ1) is 11.0. The summed E-state index contributed by atoms with van der Waals surface area (Å²) in [6.07, 6.45) is 3.06. The first-order valence-electron chi connectivity index (χ1n) is 5.35. The van der Waals surface area contributed by atoms with Gasteiger partial charge in [-0.15, -0.1) is 0 Å². The fourth-order valence-corrected chi connectivity index (χ4v) is 2.50. The lowest BCUT2D eigenvalue weighted by Crippen LogP contribution is -2.36. The van der Waals surface area contributed by atoms with E-state index < -0.39 is 0 Å². The molecule has 0 radical (unpaired) electrons. The maximum atomic E-state index is 5.77. The van der Waals surface area contributed by atoms with Gasteiger partial charge in [-0.1, -0.05) is 0 Å². The second-order valence-corrected chi connectivity index (χ2v) is 5.47. The van der Waals surface area contributed by atoms with Crippen molar-refractivity contribution in [3.05, 3.63) is 22.8 Å². The number of oxazole rings is 1. The average Bonchev–Trinajstić information content (AvgIpc) is 2.85. The predicted octanol–water partition coefficient (Wildman–Crippen LogP) is 2.61. The average molecular weight is 298 g/mol. The summed E-state index contributed by atoms with van der Waals surface area (Å²) in [5.74, 6) is 0.664. The van der Waals surface area contributed by atoms with Crippen molar-refractivity contribution in [3.8, 4) is 11.5 Å². The van der Waals surface area contributed by atoms with E-state index in [2.05, 4.69) is 39.9 Å². The molecule has 90 valence electrons. The fraction of sp³-hybridized carbons (Fsp3) is 0.455. The van der Waals surface area contributed by atoms with Crippen molar-refractivity contribution in [1.29, 1.82) is 0 Å². The number of ether oxygens (including phenoxy) is 1. The molecular weight excluding hydrogens is 286 g/mol. The number of aromatic nitrogens is 3. The van der Waals surface area contributed by atoms with Crippen molar-refractivity contribution in [2.24, 2.45) is 0 Å². The maximum absolute atomic E-state index is 5.77. The number of fused-ring (bicyclic) bond motifs is 1. The Hall–Kier alpha value is -1.14. The third-order valence-corrected chi connectivity index (χ3v) is 3.62. The lowest BCUT2D eigenvalue weighted by Gasteiger charge is -2.30. The molecule has 0 fully saturated rings. The maximum Gasteiger partial charge on any atom is 0.181 e. The first-order chi connectivity index (χ1) is 8.07. The monoisotopic (exact) mass is 297 g/mol.